The zero-order valence-corrected chi connectivity index (χ0v) is 13.7. The Morgan fingerprint density at radius 3 is 2.50 bits per heavy atom. The molecule has 5 N–H and O–H groups in total. The minimum Gasteiger partial charge on any atom is -0.504 e. The van der Waals surface area contributed by atoms with Crippen molar-refractivity contribution in [1.82, 2.24) is 5.32 Å². The number of benzene rings is 1. The molecule has 0 saturated heterocycles. The van der Waals surface area contributed by atoms with E-state index in [9.17, 15) is 19.8 Å². The molecule has 1 fully saturated rings. The third-order valence-electron chi connectivity index (χ3n) is 4.47. The predicted molar refractivity (Wildman–Crippen MR) is 87.4 cm³/mol. The smallest absolute Gasteiger partial charge is 0.328 e. The van der Waals surface area contributed by atoms with E-state index in [-0.39, 0.29) is 23.8 Å². The third kappa shape index (κ3) is 4.17. The van der Waals surface area contributed by atoms with E-state index in [2.05, 4.69) is 5.32 Å². The highest BCUT2D eigenvalue weighted by Crippen LogP contribution is 2.27. The van der Waals surface area contributed by atoms with Crippen molar-refractivity contribution in [2.75, 3.05) is 7.11 Å². The molecule has 0 aromatic heterocycles. The Bertz CT molecular complexity index is 611. The normalized spacial score (nSPS) is 17.8. The molecule has 0 heterocycles. The molecule has 0 radical (unpaired) electrons. The first-order valence-corrected chi connectivity index (χ1v) is 8.04. The van der Waals surface area contributed by atoms with E-state index in [1.165, 1.54) is 19.2 Å². The minimum atomic E-state index is -0.957. The van der Waals surface area contributed by atoms with Gasteiger partial charge in [-0.1, -0.05) is 25.3 Å². The van der Waals surface area contributed by atoms with Crippen LogP contribution in [0.15, 0.2) is 18.2 Å². The van der Waals surface area contributed by atoms with E-state index in [4.69, 9.17) is 10.5 Å². The molecule has 1 saturated carbocycles. The second kappa shape index (κ2) is 7.53. The first kappa shape index (κ1) is 18.1. The second-order valence-corrected chi connectivity index (χ2v) is 6.29. The fourth-order valence-corrected chi connectivity index (χ4v) is 2.98. The number of nitrogens with one attached hydrogen (secondary N) is 1. The number of rotatable bonds is 5. The van der Waals surface area contributed by atoms with E-state index >= 15 is 0 Å². The summed E-state index contributed by atoms with van der Waals surface area (Å²) in [7, 11) is 1.24. The number of phenolic OH excluding ortho intramolecular Hbond substituents is 2. The van der Waals surface area contributed by atoms with Crippen LogP contribution >= 0.6 is 0 Å². The molecule has 1 aromatic rings. The first-order chi connectivity index (χ1) is 11.4. The van der Waals surface area contributed by atoms with Crippen molar-refractivity contribution >= 4 is 11.9 Å². The van der Waals surface area contributed by atoms with Crippen molar-refractivity contribution in [3.8, 4) is 11.5 Å². The standard InChI is InChI=1S/C17H24N2O5/c1-24-15(22)12(9-11-5-6-13(20)14(21)10-11)19-16(23)17(18)7-3-2-4-8-17/h5-6,10,12,20-21H,2-4,7-9,18H2,1H3,(H,19,23)/t12-/m0/s1. The van der Waals surface area contributed by atoms with Gasteiger partial charge in [-0.3, -0.25) is 4.79 Å². The largest absolute Gasteiger partial charge is 0.504 e. The molecule has 2 rings (SSSR count). The van der Waals surface area contributed by atoms with E-state index in [1.54, 1.807) is 6.07 Å². The summed E-state index contributed by atoms with van der Waals surface area (Å²) in [4.78, 5) is 24.5. The average Bonchev–Trinajstić information content (AvgIpc) is 2.57. The van der Waals surface area contributed by atoms with Crippen LogP contribution in [0.1, 0.15) is 37.7 Å². The summed E-state index contributed by atoms with van der Waals surface area (Å²) >= 11 is 0. The Kier molecular flexibility index (Phi) is 5.66. The summed E-state index contributed by atoms with van der Waals surface area (Å²) in [6.07, 6.45) is 4.14. The highest BCUT2D eigenvalue weighted by Gasteiger charge is 2.37. The van der Waals surface area contributed by atoms with Crippen molar-refractivity contribution < 1.29 is 24.5 Å². The Morgan fingerprint density at radius 2 is 1.92 bits per heavy atom. The summed E-state index contributed by atoms with van der Waals surface area (Å²) in [5.74, 6) is -1.48. The van der Waals surface area contributed by atoms with Crippen molar-refractivity contribution in [1.29, 1.82) is 0 Å². The number of carbonyl (C=O) groups excluding carboxylic acids is 2. The van der Waals surface area contributed by atoms with Gasteiger partial charge < -0.3 is 26.0 Å². The Labute approximate surface area is 140 Å². The van der Waals surface area contributed by atoms with Gasteiger partial charge in [0.05, 0.1) is 12.6 Å². The predicted octanol–water partition coefficient (Wildman–Crippen LogP) is 0.960. The van der Waals surface area contributed by atoms with Gasteiger partial charge >= 0.3 is 5.97 Å². The van der Waals surface area contributed by atoms with Gasteiger partial charge in [0.1, 0.15) is 6.04 Å². The maximum Gasteiger partial charge on any atom is 0.328 e. The first-order valence-electron chi connectivity index (χ1n) is 8.04. The van der Waals surface area contributed by atoms with E-state index in [0.717, 1.165) is 19.3 Å². The number of hydrogen-bond donors (Lipinski definition) is 4. The molecule has 0 spiro atoms. The van der Waals surface area contributed by atoms with Crippen molar-refractivity contribution in [2.45, 2.75) is 50.1 Å². The maximum atomic E-state index is 12.5. The Morgan fingerprint density at radius 1 is 1.25 bits per heavy atom. The number of nitrogens with two attached hydrogens (primary N) is 1. The van der Waals surface area contributed by atoms with Crippen LogP contribution in [0.3, 0.4) is 0 Å². The fraction of sp³-hybridized carbons (Fsp3) is 0.529. The van der Waals surface area contributed by atoms with Crippen LogP contribution in [0.25, 0.3) is 0 Å². The van der Waals surface area contributed by atoms with Crippen LogP contribution in [0, 0.1) is 0 Å². The molecule has 1 aromatic carbocycles. The summed E-state index contributed by atoms with van der Waals surface area (Å²) in [6.45, 7) is 0. The van der Waals surface area contributed by atoms with Crippen molar-refractivity contribution in [3.63, 3.8) is 0 Å². The van der Waals surface area contributed by atoms with Crippen LogP contribution in [-0.4, -0.2) is 40.8 Å². The van der Waals surface area contributed by atoms with Gasteiger partial charge in [0.2, 0.25) is 5.91 Å². The highest BCUT2D eigenvalue weighted by molar-refractivity contribution is 5.90. The molecular formula is C17H24N2O5. The topological polar surface area (TPSA) is 122 Å². The van der Waals surface area contributed by atoms with Gasteiger partial charge in [-0.25, -0.2) is 4.79 Å². The van der Waals surface area contributed by atoms with Gasteiger partial charge in [-0.2, -0.15) is 0 Å². The molecule has 1 amide bonds. The number of methoxy groups -OCH3 is 1. The number of ether oxygens (including phenoxy) is 1. The third-order valence-corrected chi connectivity index (χ3v) is 4.47. The van der Waals surface area contributed by atoms with Crippen LogP contribution in [0.4, 0.5) is 0 Å². The van der Waals surface area contributed by atoms with Crippen molar-refractivity contribution in [3.05, 3.63) is 23.8 Å². The maximum absolute atomic E-state index is 12.5. The highest BCUT2D eigenvalue weighted by atomic mass is 16.5. The fourth-order valence-electron chi connectivity index (χ4n) is 2.98. The average molecular weight is 336 g/mol. The molecular weight excluding hydrogens is 312 g/mol. The van der Waals surface area contributed by atoms with Crippen molar-refractivity contribution in [2.24, 2.45) is 5.73 Å². The Balaban J connectivity index is 2.11. The lowest BCUT2D eigenvalue weighted by molar-refractivity contribution is -0.146. The van der Waals surface area contributed by atoms with Crippen LogP contribution < -0.4 is 11.1 Å². The molecule has 7 nitrogen and oxygen atoms in total. The lowest BCUT2D eigenvalue weighted by atomic mass is 9.81. The number of aromatic hydroxyl groups is 2. The number of esters is 1. The number of carbonyl (C=O) groups is 2. The number of amides is 1. The second-order valence-electron chi connectivity index (χ2n) is 6.29. The molecule has 7 heteroatoms. The van der Waals surface area contributed by atoms with Gasteiger partial charge in [0, 0.05) is 6.42 Å². The van der Waals surface area contributed by atoms with Gasteiger partial charge in [-0.15, -0.1) is 0 Å². The zero-order chi connectivity index (χ0) is 17.7. The van der Waals surface area contributed by atoms with E-state index in [0.29, 0.717) is 18.4 Å². The monoisotopic (exact) mass is 336 g/mol. The van der Waals surface area contributed by atoms with Crippen LogP contribution in [-0.2, 0) is 20.7 Å². The van der Waals surface area contributed by atoms with Gasteiger partial charge in [0.25, 0.3) is 0 Å². The Hall–Kier alpha value is -2.28. The lowest BCUT2D eigenvalue weighted by Gasteiger charge is -2.33. The molecule has 24 heavy (non-hydrogen) atoms. The molecule has 1 aliphatic rings. The van der Waals surface area contributed by atoms with E-state index in [1.807, 2.05) is 0 Å². The molecule has 0 bridgehead atoms. The molecule has 1 atom stereocenters. The summed E-state index contributed by atoms with van der Waals surface area (Å²) in [5, 5.41) is 21.6. The lowest BCUT2D eigenvalue weighted by Crippen LogP contribution is -2.58. The summed E-state index contributed by atoms with van der Waals surface area (Å²) < 4.78 is 4.75. The summed E-state index contributed by atoms with van der Waals surface area (Å²) in [6, 6.07) is 3.33. The molecule has 132 valence electrons. The van der Waals surface area contributed by atoms with Gasteiger partial charge in [0.15, 0.2) is 11.5 Å². The minimum absolute atomic E-state index is 0.127. The van der Waals surface area contributed by atoms with Crippen LogP contribution in [0.5, 0.6) is 11.5 Å². The zero-order valence-electron chi connectivity index (χ0n) is 13.7. The molecule has 0 aliphatic heterocycles. The van der Waals surface area contributed by atoms with Gasteiger partial charge in [-0.05, 0) is 30.5 Å². The van der Waals surface area contributed by atoms with Crippen LogP contribution in [0.2, 0.25) is 0 Å². The number of phenols is 2. The quantitative estimate of drug-likeness (QED) is 0.469. The molecule has 0 unspecified atom stereocenters. The SMILES string of the molecule is COC(=O)[C@H](Cc1ccc(O)c(O)c1)NC(=O)C1(N)CCCCC1. The number of hydrogen-bond acceptors (Lipinski definition) is 6. The molecule has 1 aliphatic carbocycles. The summed E-state index contributed by atoms with van der Waals surface area (Å²) in [5.41, 5.74) is 5.82. The van der Waals surface area contributed by atoms with E-state index < -0.39 is 17.6 Å².